The molecule has 7 heteroatoms. The Kier molecular flexibility index (Phi) is 3.83. The molecule has 0 bridgehead atoms. The summed E-state index contributed by atoms with van der Waals surface area (Å²) in [7, 11) is -3.48. The molecule has 1 saturated carbocycles. The first-order chi connectivity index (χ1) is 9.22. The lowest BCUT2D eigenvalue weighted by Gasteiger charge is -2.10. The van der Waals surface area contributed by atoms with Gasteiger partial charge in [-0.15, -0.1) is 0 Å². The second-order valence-electron chi connectivity index (χ2n) is 4.94. The third-order valence-electron chi connectivity index (χ3n) is 3.48. The Morgan fingerprint density at radius 2 is 2.15 bits per heavy atom. The summed E-state index contributed by atoms with van der Waals surface area (Å²) >= 11 is 5.91. The van der Waals surface area contributed by atoms with Crippen molar-refractivity contribution in [1.29, 1.82) is 0 Å². The van der Waals surface area contributed by atoms with Gasteiger partial charge in [-0.1, -0.05) is 23.7 Å². The minimum atomic E-state index is -3.48. The molecule has 3 atom stereocenters. The molecule has 2 N–H and O–H groups in total. The van der Waals surface area contributed by atoms with Crippen LogP contribution in [0, 0.1) is 0 Å². The van der Waals surface area contributed by atoms with E-state index in [1.807, 2.05) is 0 Å². The van der Waals surface area contributed by atoms with Gasteiger partial charge >= 0.3 is 5.97 Å². The molecule has 0 amide bonds. The van der Waals surface area contributed by atoms with Crippen molar-refractivity contribution in [3.05, 3.63) is 34.9 Å². The number of rotatable bonds is 4. The van der Waals surface area contributed by atoms with Gasteiger partial charge in [0.05, 0.1) is 11.9 Å². The molecule has 0 spiro atoms. The van der Waals surface area contributed by atoms with E-state index in [1.165, 1.54) is 0 Å². The molecule has 1 aromatic rings. The molecule has 0 aromatic heterocycles. The normalized spacial score (nSPS) is 29.0. The van der Waals surface area contributed by atoms with E-state index in [0.29, 0.717) is 10.6 Å². The van der Waals surface area contributed by atoms with Crippen LogP contribution >= 0.6 is 11.6 Å². The Hall–Kier alpha value is -1.11. The highest BCUT2D eigenvalue weighted by atomic mass is 35.5. The van der Waals surface area contributed by atoms with Gasteiger partial charge in [-0.2, -0.15) is 0 Å². The summed E-state index contributed by atoms with van der Waals surface area (Å²) in [5, 5.41) is -0.514. The van der Waals surface area contributed by atoms with Crippen molar-refractivity contribution in [2.24, 2.45) is 5.73 Å². The van der Waals surface area contributed by atoms with E-state index in [4.69, 9.17) is 22.1 Å². The van der Waals surface area contributed by atoms with E-state index >= 15 is 0 Å². The zero-order valence-electron chi connectivity index (χ0n) is 11.2. The predicted molar refractivity (Wildman–Crippen MR) is 76.4 cm³/mol. The van der Waals surface area contributed by atoms with Crippen LogP contribution in [0.15, 0.2) is 24.3 Å². The molecule has 2 rings (SSSR count). The molecule has 1 aliphatic rings. The number of hydrogen-bond donors (Lipinski definition) is 1. The van der Waals surface area contributed by atoms with Crippen molar-refractivity contribution >= 4 is 27.4 Å². The Bertz CT molecular complexity index is 646. The van der Waals surface area contributed by atoms with Gasteiger partial charge < -0.3 is 10.5 Å². The number of esters is 1. The fraction of sp³-hybridized carbons (Fsp3) is 0.462. The zero-order valence-corrected chi connectivity index (χ0v) is 12.7. The van der Waals surface area contributed by atoms with Gasteiger partial charge in [-0.05, 0) is 24.6 Å². The molecule has 20 heavy (non-hydrogen) atoms. The average Bonchev–Trinajstić information content (AvgIpc) is 2.98. The molecule has 110 valence electrons. The van der Waals surface area contributed by atoms with E-state index in [2.05, 4.69) is 0 Å². The molecule has 0 saturated heterocycles. The van der Waals surface area contributed by atoms with Crippen LogP contribution in [-0.2, 0) is 19.4 Å². The largest absolute Gasteiger partial charge is 0.465 e. The van der Waals surface area contributed by atoms with Gasteiger partial charge in [0, 0.05) is 17.2 Å². The lowest BCUT2D eigenvalue weighted by atomic mass is 10.1. The molecular weight excluding hydrogens is 302 g/mol. The molecule has 0 aliphatic heterocycles. The van der Waals surface area contributed by atoms with E-state index in [-0.39, 0.29) is 6.61 Å². The van der Waals surface area contributed by atoms with Crippen LogP contribution in [0.1, 0.15) is 18.4 Å². The van der Waals surface area contributed by atoms with Gasteiger partial charge in [-0.25, -0.2) is 13.2 Å². The van der Waals surface area contributed by atoms with Gasteiger partial charge in [0.2, 0.25) is 0 Å². The smallest absolute Gasteiger partial charge is 0.328 e. The van der Waals surface area contributed by atoms with Crippen LogP contribution in [0.4, 0.5) is 0 Å². The topological polar surface area (TPSA) is 86.5 Å². The third kappa shape index (κ3) is 2.43. The van der Waals surface area contributed by atoms with Gasteiger partial charge in [0.15, 0.2) is 9.84 Å². The van der Waals surface area contributed by atoms with Crippen molar-refractivity contribution in [3.63, 3.8) is 0 Å². The van der Waals surface area contributed by atoms with Crippen LogP contribution < -0.4 is 5.73 Å². The fourth-order valence-corrected chi connectivity index (χ4v) is 4.57. The van der Waals surface area contributed by atoms with Gasteiger partial charge in [-0.3, -0.25) is 0 Å². The number of nitrogens with two attached hydrogens (primary N) is 1. The molecule has 0 unspecified atom stereocenters. The number of carbonyl (C=O) groups excluding carboxylic acids is 1. The summed E-state index contributed by atoms with van der Waals surface area (Å²) in [5.74, 6) is -1.32. The monoisotopic (exact) mass is 317 g/mol. The highest BCUT2D eigenvalue weighted by Gasteiger charge is 2.73. The van der Waals surface area contributed by atoms with E-state index in [9.17, 15) is 13.2 Å². The average molecular weight is 318 g/mol. The summed E-state index contributed by atoms with van der Waals surface area (Å²) in [6.07, 6.45) is 1.07. The molecule has 1 aliphatic carbocycles. The fourth-order valence-electron chi connectivity index (χ4n) is 2.63. The first-order valence-electron chi connectivity index (χ1n) is 6.13. The molecular formula is C13H16ClNO4S. The first kappa shape index (κ1) is 15.3. The Morgan fingerprint density at radius 3 is 2.65 bits per heavy atom. The lowest BCUT2D eigenvalue weighted by Crippen LogP contribution is -2.41. The van der Waals surface area contributed by atoms with Crippen molar-refractivity contribution in [2.75, 3.05) is 12.9 Å². The van der Waals surface area contributed by atoms with E-state index in [0.717, 1.165) is 6.26 Å². The minimum Gasteiger partial charge on any atom is -0.465 e. The Balaban J connectivity index is 2.44. The van der Waals surface area contributed by atoms with Crippen molar-refractivity contribution in [2.45, 2.75) is 23.6 Å². The van der Waals surface area contributed by atoms with Crippen molar-refractivity contribution < 1.29 is 17.9 Å². The van der Waals surface area contributed by atoms with E-state index < -0.39 is 32.5 Å². The molecule has 1 fully saturated rings. The quantitative estimate of drug-likeness (QED) is 0.841. The highest BCUT2D eigenvalue weighted by Crippen LogP contribution is 2.54. The Labute approximate surface area is 123 Å². The number of sulfone groups is 1. The maximum atomic E-state index is 12.0. The summed E-state index contributed by atoms with van der Waals surface area (Å²) in [6, 6.07) is 6.70. The summed E-state index contributed by atoms with van der Waals surface area (Å²) in [6.45, 7) is 1.80. The lowest BCUT2D eigenvalue weighted by molar-refractivity contribution is -0.145. The maximum Gasteiger partial charge on any atom is 0.328 e. The number of halogens is 1. The molecule has 0 radical (unpaired) electrons. The van der Waals surface area contributed by atoms with Crippen LogP contribution in [0.25, 0.3) is 0 Å². The van der Waals surface area contributed by atoms with Crippen molar-refractivity contribution in [3.8, 4) is 0 Å². The van der Waals surface area contributed by atoms with Crippen LogP contribution in [0.2, 0.25) is 5.02 Å². The number of benzene rings is 1. The summed E-state index contributed by atoms with van der Waals surface area (Å²) < 4.78 is 28.6. The summed E-state index contributed by atoms with van der Waals surface area (Å²) in [4.78, 5) is 12.0. The third-order valence-corrected chi connectivity index (χ3v) is 5.30. The number of ether oxygens (including phenoxy) is 1. The highest BCUT2D eigenvalue weighted by molar-refractivity contribution is 7.91. The standard InChI is InChI=1S/C13H16ClNO4S/c1-3-19-12(16)13(15)10(11(13)20(2,17)18)8-5-4-6-9(14)7-8/h4-7,10-11H,3,15H2,1-2H3/t10-,11+,13-/m1/s1. The Morgan fingerprint density at radius 1 is 1.50 bits per heavy atom. The number of carbonyl (C=O) groups is 1. The van der Waals surface area contributed by atoms with E-state index in [1.54, 1.807) is 31.2 Å². The second kappa shape index (κ2) is 5.02. The van der Waals surface area contributed by atoms with Gasteiger partial charge in [0.1, 0.15) is 5.54 Å². The predicted octanol–water partition coefficient (Wildman–Crippen LogP) is 1.11. The molecule has 1 aromatic carbocycles. The SMILES string of the molecule is CCOC(=O)[C@@]1(N)[C@H](c2cccc(Cl)c2)[C@@H]1S(C)(=O)=O. The van der Waals surface area contributed by atoms with Crippen LogP contribution in [0.5, 0.6) is 0 Å². The van der Waals surface area contributed by atoms with Crippen molar-refractivity contribution in [1.82, 2.24) is 0 Å². The van der Waals surface area contributed by atoms with Crippen LogP contribution in [0.3, 0.4) is 0 Å². The number of hydrogen-bond acceptors (Lipinski definition) is 5. The molecule has 5 nitrogen and oxygen atoms in total. The summed E-state index contributed by atoms with van der Waals surface area (Å²) in [5.41, 5.74) is 5.13. The minimum absolute atomic E-state index is 0.149. The first-order valence-corrected chi connectivity index (χ1v) is 8.46. The van der Waals surface area contributed by atoms with Crippen LogP contribution in [-0.4, -0.2) is 38.0 Å². The van der Waals surface area contributed by atoms with Gasteiger partial charge in [0.25, 0.3) is 0 Å². The maximum absolute atomic E-state index is 12.0. The second-order valence-corrected chi connectivity index (χ2v) is 7.54. The zero-order chi connectivity index (χ0) is 15.1. The molecule has 0 heterocycles.